The zero-order valence-electron chi connectivity index (χ0n) is 12.4. The van der Waals surface area contributed by atoms with E-state index < -0.39 is 0 Å². The Hall–Kier alpha value is -2.25. The minimum atomic E-state index is -0.181. The van der Waals surface area contributed by atoms with E-state index in [0.29, 0.717) is 23.5 Å². The van der Waals surface area contributed by atoms with Crippen LogP contribution in [0, 0.1) is 0 Å². The number of hydrogen-bond acceptors (Lipinski definition) is 6. The van der Waals surface area contributed by atoms with Crippen molar-refractivity contribution in [3.05, 3.63) is 39.4 Å². The SMILES string of the molecule is O=c1[nH]c(NCC2CCCO2)nc2nccc(-c3ccsc3)c12. The van der Waals surface area contributed by atoms with Gasteiger partial charge in [-0.2, -0.15) is 16.3 Å². The van der Waals surface area contributed by atoms with Crippen molar-refractivity contribution < 1.29 is 4.74 Å². The lowest BCUT2D eigenvalue weighted by molar-refractivity contribution is 0.120. The van der Waals surface area contributed by atoms with Crippen molar-refractivity contribution in [3.63, 3.8) is 0 Å². The van der Waals surface area contributed by atoms with E-state index in [0.717, 1.165) is 30.6 Å². The van der Waals surface area contributed by atoms with E-state index in [4.69, 9.17) is 4.74 Å². The summed E-state index contributed by atoms with van der Waals surface area (Å²) in [6.07, 6.45) is 3.98. The molecule has 7 heteroatoms. The molecule has 1 aliphatic rings. The van der Waals surface area contributed by atoms with Crippen molar-refractivity contribution in [1.29, 1.82) is 0 Å². The zero-order chi connectivity index (χ0) is 15.6. The van der Waals surface area contributed by atoms with Crippen LogP contribution in [0.4, 0.5) is 5.95 Å². The second kappa shape index (κ2) is 6.10. The summed E-state index contributed by atoms with van der Waals surface area (Å²) in [5, 5.41) is 7.66. The minimum absolute atomic E-state index is 0.181. The number of hydrogen-bond donors (Lipinski definition) is 2. The Morgan fingerprint density at radius 2 is 2.39 bits per heavy atom. The van der Waals surface area contributed by atoms with Crippen molar-refractivity contribution in [2.45, 2.75) is 18.9 Å². The van der Waals surface area contributed by atoms with E-state index in [1.807, 2.05) is 22.9 Å². The van der Waals surface area contributed by atoms with E-state index in [1.54, 1.807) is 17.5 Å². The molecule has 118 valence electrons. The van der Waals surface area contributed by atoms with Gasteiger partial charge in [0.15, 0.2) is 5.65 Å². The number of pyridine rings is 1. The van der Waals surface area contributed by atoms with Crippen LogP contribution in [0.5, 0.6) is 0 Å². The topological polar surface area (TPSA) is 79.9 Å². The van der Waals surface area contributed by atoms with Crippen molar-refractivity contribution in [2.75, 3.05) is 18.5 Å². The fraction of sp³-hybridized carbons (Fsp3) is 0.312. The molecule has 0 amide bonds. The number of fused-ring (bicyclic) bond motifs is 1. The molecule has 0 saturated carbocycles. The van der Waals surface area contributed by atoms with Gasteiger partial charge in [-0.1, -0.05) is 0 Å². The minimum Gasteiger partial charge on any atom is -0.376 e. The Morgan fingerprint density at radius 3 is 3.17 bits per heavy atom. The molecule has 0 spiro atoms. The van der Waals surface area contributed by atoms with Crippen molar-refractivity contribution in [1.82, 2.24) is 15.0 Å². The van der Waals surface area contributed by atoms with Crippen LogP contribution < -0.4 is 10.9 Å². The quantitative estimate of drug-likeness (QED) is 0.769. The third-order valence-electron chi connectivity index (χ3n) is 3.96. The van der Waals surface area contributed by atoms with E-state index in [2.05, 4.69) is 20.3 Å². The molecule has 0 radical (unpaired) electrons. The molecule has 1 fully saturated rings. The molecule has 3 aromatic heterocycles. The first-order valence-electron chi connectivity index (χ1n) is 7.58. The summed E-state index contributed by atoms with van der Waals surface area (Å²) >= 11 is 1.59. The van der Waals surface area contributed by atoms with E-state index in [9.17, 15) is 4.79 Å². The van der Waals surface area contributed by atoms with Crippen LogP contribution in [0.2, 0.25) is 0 Å². The highest BCUT2D eigenvalue weighted by atomic mass is 32.1. The summed E-state index contributed by atoms with van der Waals surface area (Å²) in [6, 6.07) is 3.84. The van der Waals surface area contributed by atoms with Gasteiger partial charge < -0.3 is 10.1 Å². The number of anilines is 1. The maximum Gasteiger partial charge on any atom is 0.262 e. The normalized spacial score (nSPS) is 17.7. The molecule has 2 N–H and O–H groups in total. The van der Waals surface area contributed by atoms with Crippen LogP contribution in [0.15, 0.2) is 33.9 Å². The molecule has 1 atom stereocenters. The number of H-pyrrole nitrogens is 1. The molecule has 0 bridgehead atoms. The van der Waals surface area contributed by atoms with Crippen LogP contribution >= 0.6 is 11.3 Å². The van der Waals surface area contributed by atoms with E-state index in [1.165, 1.54) is 0 Å². The first-order valence-corrected chi connectivity index (χ1v) is 8.52. The third kappa shape index (κ3) is 2.85. The summed E-state index contributed by atoms with van der Waals surface area (Å²) in [5.41, 5.74) is 2.14. The second-order valence-corrected chi connectivity index (χ2v) is 6.28. The van der Waals surface area contributed by atoms with Crippen molar-refractivity contribution in [3.8, 4) is 11.1 Å². The molecule has 0 aliphatic carbocycles. The lowest BCUT2D eigenvalue weighted by Gasteiger charge is -2.11. The molecule has 4 rings (SSSR count). The highest BCUT2D eigenvalue weighted by molar-refractivity contribution is 7.08. The summed E-state index contributed by atoms with van der Waals surface area (Å²) in [6.45, 7) is 1.44. The number of aromatic nitrogens is 3. The summed E-state index contributed by atoms with van der Waals surface area (Å²) in [5.74, 6) is 0.438. The van der Waals surface area contributed by atoms with Crippen LogP contribution in [-0.2, 0) is 4.74 Å². The molecule has 23 heavy (non-hydrogen) atoms. The standard InChI is InChI=1S/C16H16N4O2S/c21-15-13-12(10-4-7-23-9-10)3-5-17-14(13)19-16(20-15)18-8-11-2-1-6-22-11/h3-5,7,9,11H,1-2,6,8H2,(H2,17,18,19,20,21). The molecule has 4 heterocycles. The Labute approximate surface area is 136 Å². The molecule has 3 aromatic rings. The monoisotopic (exact) mass is 328 g/mol. The highest BCUT2D eigenvalue weighted by Crippen LogP contribution is 2.26. The molecule has 6 nitrogen and oxygen atoms in total. The van der Waals surface area contributed by atoms with Gasteiger partial charge in [-0.3, -0.25) is 9.78 Å². The molecular formula is C16H16N4O2S. The van der Waals surface area contributed by atoms with E-state index in [-0.39, 0.29) is 11.7 Å². The number of rotatable bonds is 4. The molecular weight excluding hydrogens is 312 g/mol. The van der Waals surface area contributed by atoms with Crippen molar-refractivity contribution in [2.24, 2.45) is 0 Å². The predicted molar refractivity (Wildman–Crippen MR) is 90.9 cm³/mol. The highest BCUT2D eigenvalue weighted by Gasteiger charge is 2.16. The molecule has 1 unspecified atom stereocenters. The van der Waals surface area contributed by atoms with Gasteiger partial charge in [0.05, 0.1) is 11.5 Å². The molecule has 1 aliphatic heterocycles. The van der Waals surface area contributed by atoms with Gasteiger partial charge in [-0.05, 0) is 41.3 Å². The number of ether oxygens (including phenoxy) is 1. The number of aromatic amines is 1. The average Bonchev–Trinajstić information content (AvgIpc) is 3.26. The van der Waals surface area contributed by atoms with Gasteiger partial charge in [-0.25, -0.2) is 4.98 Å². The first-order chi connectivity index (χ1) is 11.3. The van der Waals surface area contributed by atoms with Crippen molar-refractivity contribution >= 4 is 28.3 Å². The van der Waals surface area contributed by atoms with Crippen LogP contribution in [0.1, 0.15) is 12.8 Å². The van der Waals surface area contributed by atoms with Gasteiger partial charge >= 0.3 is 0 Å². The summed E-state index contributed by atoms with van der Waals surface area (Å²) in [4.78, 5) is 24.0. The average molecular weight is 328 g/mol. The smallest absolute Gasteiger partial charge is 0.262 e. The Balaban J connectivity index is 1.69. The summed E-state index contributed by atoms with van der Waals surface area (Å²) in [7, 11) is 0. The fourth-order valence-electron chi connectivity index (χ4n) is 2.82. The largest absolute Gasteiger partial charge is 0.376 e. The Kier molecular flexibility index (Phi) is 3.80. The fourth-order valence-corrected chi connectivity index (χ4v) is 3.48. The van der Waals surface area contributed by atoms with Gasteiger partial charge in [0.25, 0.3) is 5.56 Å². The summed E-state index contributed by atoms with van der Waals surface area (Å²) < 4.78 is 5.56. The lowest BCUT2D eigenvalue weighted by atomic mass is 10.1. The number of nitrogens with one attached hydrogen (secondary N) is 2. The number of thiophene rings is 1. The maximum absolute atomic E-state index is 12.5. The first kappa shape index (κ1) is 14.3. The lowest BCUT2D eigenvalue weighted by Crippen LogP contribution is -2.22. The Bertz CT molecular complexity index is 869. The van der Waals surface area contributed by atoms with Crippen LogP contribution in [-0.4, -0.2) is 34.2 Å². The van der Waals surface area contributed by atoms with Gasteiger partial charge in [0.1, 0.15) is 0 Å². The predicted octanol–water partition coefficient (Wildman–Crippen LogP) is 2.64. The van der Waals surface area contributed by atoms with E-state index >= 15 is 0 Å². The maximum atomic E-state index is 12.5. The van der Waals surface area contributed by atoms with Gasteiger partial charge in [0, 0.05) is 24.9 Å². The van der Waals surface area contributed by atoms with Crippen LogP contribution in [0.25, 0.3) is 22.2 Å². The second-order valence-electron chi connectivity index (χ2n) is 5.50. The number of nitrogens with zero attached hydrogens (tertiary/aromatic N) is 2. The molecule has 0 aromatic carbocycles. The molecule has 1 saturated heterocycles. The van der Waals surface area contributed by atoms with Crippen LogP contribution in [0.3, 0.4) is 0 Å². The van der Waals surface area contributed by atoms with Gasteiger partial charge in [-0.15, -0.1) is 0 Å². The third-order valence-corrected chi connectivity index (χ3v) is 4.64. The van der Waals surface area contributed by atoms with Gasteiger partial charge in [0.2, 0.25) is 5.95 Å². The zero-order valence-corrected chi connectivity index (χ0v) is 13.2. The Morgan fingerprint density at radius 1 is 1.43 bits per heavy atom.